The molecule has 0 unspecified atom stereocenters. The number of nitrogens with zero attached hydrogens (tertiary/aromatic N) is 6. The first-order chi connectivity index (χ1) is 23.1. The average molecular weight is 699 g/mol. The molecule has 12 nitrogen and oxygen atoms in total. The van der Waals surface area contributed by atoms with Crippen molar-refractivity contribution in [1.29, 1.82) is 0 Å². The molecule has 2 aromatic carbocycles. The number of aromatic nitrogens is 4. The van der Waals surface area contributed by atoms with Crippen molar-refractivity contribution in [2.75, 3.05) is 57.2 Å². The zero-order chi connectivity index (χ0) is 34.0. The van der Waals surface area contributed by atoms with Crippen LogP contribution in [0.3, 0.4) is 0 Å². The molecule has 16 heteroatoms. The monoisotopic (exact) mass is 698 g/mol. The van der Waals surface area contributed by atoms with Crippen molar-refractivity contribution in [1.82, 2.24) is 18.7 Å². The van der Waals surface area contributed by atoms with Crippen LogP contribution in [0.5, 0.6) is 0 Å². The van der Waals surface area contributed by atoms with Crippen LogP contribution in [0.4, 0.5) is 51.4 Å². The number of amides is 4. The van der Waals surface area contributed by atoms with Gasteiger partial charge in [0.15, 0.2) is 0 Å². The predicted octanol–water partition coefficient (Wildman–Crippen LogP) is 8.05. The van der Waals surface area contributed by atoms with Crippen molar-refractivity contribution in [2.24, 2.45) is 0 Å². The van der Waals surface area contributed by atoms with Gasteiger partial charge in [0.05, 0.1) is 22.7 Å². The van der Waals surface area contributed by atoms with Gasteiger partial charge in [0.25, 0.3) is 0 Å². The van der Waals surface area contributed by atoms with Gasteiger partial charge in [-0.2, -0.15) is 8.75 Å². The molecule has 0 saturated carbocycles. The summed E-state index contributed by atoms with van der Waals surface area (Å²) in [6.45, 7) is 9.23. The van der Waals surface area contributed by atoms with E-state index >= 15 is 0 Å². The molecule has 0 radical (unpaired) electrons. The van der Waals surface area contributed by atoms with E-state index in [9.17, 15) is 18.4 Å². The summed E-state index contributed by atoms with van der Waals surface area (Å²) < 4.78 is 35.5. The number of benzene rings is 2. The summed E-state index contributed by atoms with van der Waals surface area (Å²) in [6, 6.07) is 8.01. The molecule has 4 heterocycles. The number of piperidine rings is 2. The predicted molar refractivity (Wildman–Crippen MR) is 189 cm³/mol. The molecular weight excluding hydrogens is 659 g/mol. The van der Waals surface area contributed by atoms with Gasteiger partial charge >= 0.3 is 12.1 Å². The molecule has 2 aliphatic rings. The third-order valence-electron chi connectivity index (χ3n) is 7.74. The summed E-state index contributed by atoms with van der Waals surface area (Å²) in [5, 5.41) is 11.8. The summed E-state index contributed by atoms with van der Waals surface area (Å²) in [7, 11) is 0. The number of carbonyl (C=O) groups excluding carboxylic acids is 2. The second-order valence-corrected chi connectivity index (χ2v) is 13.3. The number of hydrogen-bond acceptors (Lipinski definition) is 10. The van der Waals surface area contributed by atoms with Gasteiger partial charge in [0.2, 0.25) is 10.3 Å². The second kappa shape index (κ2) is 16.6. The van der Waals surface area contributed by atoms with E-state index in [1.165, 1.54) is 37.1 Å². The van der Waals surface area contributed by atoms with Gasteiger partial charge in [-0.1, -0.05) is 13.8 Å². The van der Waals surface area contributed by atoms with E-state index in [0.717, 1.165) is 80.6 Å². The van der Waals surface area contributed by atoms with Crippen molar-refractivity contribution >= 4 is 68.1 Å². The fourth-order valence-electron chi connectivity index (χ4n) is 5.38. The Kier molecular flexibility index (Phi) is 12.1. The Bertz CT molecular complexity index is 1690. The Morgan fingerprint density at radius 2 is 1.15 bits per heavy atom. The molecule has 0 aliphatic carbocycles. The van der Waals surface area contributed by atoms with Crippen molar-refractivity contribution in [2.45, 2.75) is 65.2 Å². The average Bonchev–Trinajstić information content (AvgIpc) is 3.72. The van der Waals surface area contributed by atoms with Gasteiger partial charge in [0, 0.05) is 55.2 Å². The van der Waals surface area contributed by atoms with Crippen LogP contribution in [0.25, 0.3) is 0 Å². The number of aryl methyl sites for hydroxylation is 1. The summed E-state index contributed by atoms with van der Waals surface area (Å²) in [6.07, 6.45) is 6.67. The molecule has 0 atom stereocenters. The minimum absolute atomic E-state index is 0.206. The molecule has 2 aromatic heterocycles. The standard InChI is InChI=1S/C17H22FN5OS.C15H18FN5OS/c1-11(2)15-20-17(25-22-15)21-16(24)19-13-7-6-12(18)10-14(13)23-8-4-3-5-9-23;1-10-17-15(23-20-10)19-14(22)18-12-6-5-11(16)9-13(12)21-7-3-2-4-8-21/h6-7,10-11H,3-5,8-9H2,1-2H3,(H2,19,20,21,22,24);5-6,9H,2-4,7-8H2,1H3,(H2,17,18,19,20,22). The lowest BCUT2D eigenvalue weighted by Gasteiger charge is -2.30. The van der Waals surface area contributed by atoms with Crippen molar-refractivity contribution < 1.29 is 18.4 Å². The highest BCUT2D eigenvalue weighted by atomic mass is 32.1. The Morgan fingerprint density at radius 1 is 0.688 bits per heavy atom. The number of anilines is 6. The first kappa shape index (κ1) is 34.9. The van der Waals surface area contributed by atoms with Crippen LogP contribution in [0.15, 0.2) is 36.4 Å². The number of urea groups is 2. The van der Waals surface area contributed by atoms with E-state index < -0.39 is 12.1 Å². The van der Waals surface area contributed by atoms with Gasteiger partial charge < -0.3 is 20.4 Å². The first-order valence-corrected chi connectivity index (χ1v) is 17.6. The molecule has 256 valence electrons. The SMILES string of the molecule is CC(C)c1nsc(NC(=O)Nc2ccc(F)cc2N2CCCCC2)n1.Cc1nsc(NC(=O)Nc2ccc(F)cc2N2CCCCC2)n1. The zero-order valence-corrected chi connectivity index (χ0v) is 28.8. The van der Waals surface area contributed by atoms with Crippen molar-refractivity contribution in [3.8, 4) is 0 Å². The Labute approximate surface area is 286 Å². The lowest BCUT2D eigenvalue weighted by Crippen LogP contribution is -2.31. The highest BCUT2D eigenvalue weighted by Crippen LogP contribution is 2.31. The van der Waals surface area contributed by atoms with Crippen LogP contribution in [0, 0.1) is 18.6 Å². The number of hydrogen-bond donors (Lipinski definition) is 4. The van der Waals surface area contributed by atoms with Gasteiger partial charge in [-0.3, -0.25) is 10.6 Å². The number of rotatable bonds is 7. The van der Waals surface area contributed by atoms with E-state index in [1.807, 2.05) is 13.8 Å². The fraction of sp³-hybridized carbons (Fsp3) is 0.438. The maximum atomic E-state index is 13.7. The third kappa shape index (κ3) is 9.79. The molecule has 4 N–H and O–H groups in total. The van der Waals surface area contributed by atoms with E-state index in [-0.39, 0.29) is 17.6 Å². The van der Waals surface area contributed by atoms with Crippen molar-refractivity contribution in [3.05, 3.63) is 59.7 Å². The van der Waals surface area contributed by atoms with Crippen molar-refractivity contribution in [3.63, 3.8) is 0 Å². The smallest absolute Gasteiger partial charge is 0.325 e. The minimum atomic E-state index is -0.411. The van der Waals surface area contributed by atoms with E-state index in [0.29, 0.717) is 39.0 Å². The Morgan fingerprint density at radius 3 is 1.56 bits per heavy atom. The molecule has 2 aliphatic heterocycles. The van der Waals surface area contributed by atoms with Gasteiger partial charge in [-0.05, 0) is 81.8 Å². The third-order valence-corrected chi connectivity index (χ3v) is 9.10. The minimum Gasteiger partial charge on any atom is -0.370 e. The maximum Gasteiger partial charge on any atom is 0.325 e. The quantitative estimate of drug-likeness (QED) is 0.152. The molecule has 6 rings (SSSR count). The van der Waals surface area contributed by atoms with Crippen LogP contribution in [-0.4, -0.2) is 57.0 Å². The van der Waals surface area contributed by atoms with E-state index in [4.69, 9.17) is 0 Å². The molecule has 4 aromatic rings. The number of halogens is 2. The Balaban J connectivity index is 0.000000188. The summed E-state index contributed by atoms with van der Waals surface area (Å²) >= 11 is 2.27. The molecule has 48 heavy (non-hydrogen) atoms. The molecule has 2 saturated heterocycles. The highest BCUT2D eigenvalue weighted by Gasteiger charge is 2.19. The largest absolute Gasteiger partial charge is 0.370 e. The van der Waals surface area contributed by atoms with Gasteiger partial charge in [0.1, 0.15) is 23.3 Å². The number of nitrogens with one attached hydrogen (secondary N) is 4. The molecule has 0 spiro atoms. The molecular formula is C32H40F2N10O2S2. The van der Waals surface area contributed by atoms with Crippen LogP contribution in [0.2, 0.25) is 0 Å². The van der Waals surface area contributed by atoms with Gasteiger partial charge in [-0.25, -0.2) is 28.3 Å². The summed E-state index contributed by atoms with van der Waals surface area (Å²) in [4.78, 5) is 37.0. The molecule has 0 bridgehead atoms. The molecule has 4 amide bonds. The maximum absolute atomic E-state index is 13.7. The van der Waals surface area contributed by atoms with E-state index in [2.05, 4.69) is 49.8 Å². The van der Waals surface area contributed by atoms with Gasteiger partial charge in [-0.15, -0.1) is 0 Å². The topological polar surface area (TPSA) is 140 Å². The van der Waals surface area contributed by atoms with Crippen LogP contribution in [-0.2, 0) is 0 Å². The lowest BCUT2D eigenvalue weighted by atomic mass is 10.1. The summed E-state index contributed by atoms with van der Waals surface area (Å²) in [5.41, 5.74) is 2.62. The highest BCUT2D eigenvalue weighted by molar-refractivity contribution is 7.10. The number of carbonyl (C=O) groups is 2. The second-order valence-electron chi connectivity index (χ2n) is 11.8. The zero-order valence-electron chi connectivity index (χ0n) is 27.2. The fourth-order valence-corrected chi connectivity index (χ4v) is 6.66. The lowest BCUT2D eigenvalue weighted by molar-refractivity contribution is 0.261. The van der Waals surface area contributed by atoms with Crippen LogP contribution in [0.1, 0.15) is 69.9 Å². The molecule has 2 fully saturated rings. The van der Waals surface area contributed by atoms with Crippen LogP contribution >= 0.6 is 23.1 Å². The normalized spacial score (nSPS) is 14.6. The Hall–Kier alpha value is -4.44. The van der Waals surface area contributed by atoms with E-state index in [1.54, 1.807) is 19.1 Å². The van der Waals surface area contributed by atoms with Crippen LogP contribution < -0.4 is 31.1 Å². The summed E-state index contributed by atoms with van der Waals surface area (Å²) in [5.74, 6) is 0.906. The first-order valence-electron chi connectivity index (χ1n) is 16.0.